The highest BCUT2D eigenvalue weighted by Crippen LogP contribution is 2.52. The van der Waals surface area contributed by atoms with Gasteiger partial charge in [-0.25, -0.2) is 4.39 Å². The molecule has 0 saturated heterocycles. The monoisotopic (exact) mass is 217 g/mol. The van der Waals surface area contributed by atoms with Crippen LogP contribution in [0, 0.1) is 18.2 Å². The summed E-state index contributed by atoms with van der Waals surface area (Å²) in [6.07, 6.45) is 4.15. The topological polar surface area (TPSA) is 12.0 Å². The molecule has 0 amide bonds. The molecule has 1 aliphatic carbocycles. The molecule has 0 unspecified atom stereocenters. The van der Waals surface area contributed by atoms with Gasteiger partial charge in [0.25, 0.3) is 0 Å². The number of rotatable bonds is 4. The molecule has 1 aromatic rings. The Morgan fingerprint density at radius 2 is 2.19 bits per heavy atom. The predicted octanol–water partition coefficient (Wildman–Crippen LogP) is 4.03. The normalized spacial score (nSPS) is 16.6. The van der Waals surface area contributed by atoms with Crippen molar-refractivity contribution in [3.63, 3.8) is 0 Å². The first-order chi connectivity index (χ1) is 7.57. The van der Waals surface area contributed by atoms with E-state index in [4.69, 9.17) is 0 Å². The second kappa shape index (κ2) is 3.78. The maximum Gasteiger partial charge on any atom is 0.123 e. The van der Waals surface area contributed by atoms with Gasteiger partial charge in [0.2, 0.25) is 0 Å². The van der Waals surface area contributed by atoms with Crippen LogP contribution in [-0.4, -0.2) is 0 Å². The average Bonchev–Trinajstić information content (AvgIpc) is 3.03. The first-order valence-electron chi connectivity index (χ1n) is 5.43. The van der Waals surface area contributed by atoms with Gasteiger partial charge in [-0.2, -0.15) is 0 Å². The van der Waals surface area contributed by atoms with Crippen molar-refractivity contribution >= 4 is 5.69 Å². The summed E-state index contributed by atoms with van der Waals surface area (Å²) < 4.78 is 12.9. The van der Waals surface area contributed by atoms with Crippen LogP contribution < -0.4 is 5.32 Å². The smallest absolute Gasteiger partial charge is 0.123 e. The van der Waals surface area contributed by atoms with Crippen molar-refractivity contribution in [1.29, 1.82) is 0 Å². The summed E-state index contributed by atoms with van der Waals surface area (Å²) in [5, 5.41) is 3.26. The van der Waals surface area contributed by atoms with E-state index in [0.29, 0.717) is 0 Å². The summed E-state index contributed by atoms with van der Waals surface area (Å²) in [6.45, 7) is 9.76. The number of aryl methyl sites for hydroxylation is 1. The minimum Gasteiger partial charge on any atom is -0.358 e. The van der Waals surface area contributed by atoms with Crippen molar-refractivity contribution < 1.29 is 4.39 Å². The lowest BCUT2D eigenvalue weighted by Crippen LogP contribution is -2.10. The zero-order valence-corrected chi connectivity index (χ0v) is 9.52. The molecule has 1 fully saturated rings. The molecule has 2 rings (SSSR count). The van der Waals surface area contributed by atoms with Crippen LogP contribution >= 0.6 is 0 Å². The summed E-state index contributed by atoms with van der Waals surface area (Å²) >= 11 is 0. The lowest BCUT2D eigenvalue weighted by atomic mass is 10.0. The Morgan fingerprint density at radius 1 is 1.50 bits per heavy atom. The fourth-order valence-electron chi connectivity index (χ4n) is 1.82. The minimum atomic E-state index is -0.210. The van der Waals surface area contributed by atoms with E-state index in [2.05, 4.69) is 18.5 Å². The molecule has 2 heteroatoms. The lowest BCUT2D eigenvalue weighted by molar-refractivity contribution is 0.627. The van der Waals surface area contributed by atoms with Gasteiger partial charge in [0.1, 0.15) is 5.82 Å². The number of nitrogens with one attached hydrogen (secondary N) is 1. The molecule has 1 aromatic carbocycles. The Bertz CT molecular complexity index is 444. The molecule has 0 aliphatic heterocycles. The van der Waals surface area contributed by atoms with Crippen molar-refractivity contribution in [2.75, 3.05) is 5.32 Å². The molecule has 1 nitrogen and oxygen atoms in total. The first kappa shape index (κ1) is 10.9. The molecule has 1 N–H and O–H groups in total. The van der Waals surface area contributed by atoms with Crippen LogP contribution in [0.1, 0.15) is 18.4 Å². The van der Waals surface area contributed by atoms with Crippen LogP contribution in [0.4, 0.5) is 10.1 Å². The van der Waals surface area contributed by atoms with Gasteiger partial charge in [0.05, 0.1) is 0 Å². The fraction of sp³-hybridized carbons (Fsp3) is 0.286. The first-order valence-corrected chi connectivity index (χ1v) is 5.43. The SMILES string of the molecule is C=CC1(C(=C)Nc2ccc(F)cc2C)CC1. The molecule has 16 heavy (non-hydrogen) atoms. The van der Waals surface area contributed by atoms with Gasteiger partial charge in [-0.3, -0.25) is 0 Å². The molecular formula is C14H16FN. The molecule has 84 valence electrons. The van der Waals surface area contributed by atoms with Gasteiger partial charge in [-0.15, -0.1) is 6.58 Å². The summed E-state index contributed by atoms with van der Waals surface area (Å²) in [4.78, 5) is 0. The molecule has 0 spiro atoms. The van der Waals surface area contributed by atoms with Crippen LogP contribution in [0.5, 0.6) is 0 Å². The van der Waals surface area contributed by atoms with Crippen molar-refractivity contribution in [1.82, 2.24) is 0 Å². The highest BCUT2D eigenvalue weighted by Gasteiger charge is 2.42. The highest BCUT2D eigenvalue weighted by molar-refractivity contribution is 5.56. The van der Waals surface area contributed by atoms with E-state index in [1.165, 1.54) is 12.1 Å². The van der Waals surface area contributed by atoms with Crippen molar-refractivity contribution in [2.45, 2.75) is 19.8 Å². The Hall–Kier alpha value is -1.57. The molecule has 0 atom stereocenters. The van der Waals surface area contributed by atoms with E-state index in [-0.39, 0.29) is 11.2 Å². The van der Waals surface area contributed by atoms with E-state index in [1.807, 2.05) is 13.0 Å². The van der Waals surface area contributed by atoms with E-state index >= 15 is 0 Å². The summed E-state index contributed by atoms with van der Waals surface area (Å²) in [5.74, 6) is -0.210. The minimum absolute atomic E-state index is 0.0564. The predicted molar refractivity (Wildman–Crippen MR) is 65.8 cm³/mol. The zero-order valence-electron chi connectivity index (χ0n) is 9.52. The van der Waals surface area contributed by atoms with E-state index < -0.39 is 0 Å². The third-order valence-electron chi connectivity index (χ3n) is 3.25. The van der Waals surface area contributed by atoms with E-state index in [0.717, 1.165) is 29.8 Å². The average molecular weight is 217 g/mol. The maximum absolute atomic E-state index is 12.9. The van der Waals surface area contributed by atoms with Gasteiger partial charge in [-0.1, -0.05) is 12.7 Å². The van der Waals surface area contributed by atoms with Crippen LogP contribution in [0.25, 0.3) is 0 Å². The Balaban J connectivity index is 2.15. The van der Waals surface area contributed by atoms with Crippen molar-refractivity contribution in [2.24, 2.45) is 5.41 Å². The van der Waals surface area contributed by atoms with Crippen LogP contribution in [0.15, 0.2) is 43.1 Å². The van der Waals surface area contributed by atoms with Gasteiger partial charge >= 0.3 is 0 Å². The van der Waals surface area contributed by atoms with Gasteiger partial charge < -0.3 is 5.32 Å². The number of allylic oxidation sites excluding steroid dienone is 1. The van der Waals surface area contributed by atoms with Gasteiger partial charge in [-0.05, 0) is 43.5 Å². The third kappa shape index (κ3) is 1.87. The van der Waals surface area contributed by atoms with Crippen LogP contribution in [0.3, 0.4) is 0 Å². The summed E-state index contributed by atoms with van der Waals surface area (Å²) in [6, 6.07) is 4.72. The van der Waals surface area contributed by atoms with E-state index in [9.17, 15) is 4.39 Å². The Morgan fingerprint density at radius 3 is 2.69 bits per heavy atom. The van der Waals surface area contributed by atoms with Crippen LogP contribution in [0.2, 0.25) is 0 Å². The van der Waals surface area contributed by atoms with Crippen LogP contribution in [-0.2, 0) is 0 Å². The van der Waals surface area contributed by atoms with Gasteiger partial charge in [0.15, 0.2) is 0 Å². The number of halogens is 1. The van der Waals surface area contributed by atoms with Gasteiger partial charge in [0, 0.05) is 16.8 Å². The third-order valence-corrected chi connectivity index (χ3v) is 3.25. The maximum atomic E-state index is 12.9. The van der Waals surface area contributed by atoms with Crippen molar-refractivity contribution in [3.05, 3.63) is 54.5 Å². The van der Waals surface area contributed by atoms with E-state index in [1.54, 1.807) is 6.07 Å². The highest BCUT2D eigenvalue weighted by atomic mass is 19.1. The molecule has 1 saturated carbocycles. The molecular weight excluding hydrogens is 201 g/mol. The molecule has 0 heterocycles. The number of hydrogen-bond donors (Lipinski definition) is 1. The lowest BCUT2D eigenvalue weighted by Gasteiger charge is -2.17. The number of benzene rings is 1. The standard InChI is InChI=1S/C14H16FN/c1-4-14(7-8-14)11(3)16-13-6-5-12(15)9-10(13)2/h4-6,9,16H,1,3,7-8H2,2H3. The molecule has 0 aromatic heterocycles. The van der Waals surface area contributed by atoms with Crippen molar-refractivity contribution in [3.8, 4) is 0 Å². The zero-order chi connectivity index (χ0) is 11.8. The largest absolute Gasteiger partial charge is 0.358 e. The fourth-order valence-corrected chi connectivity index (χ4v) is 1.82. The Kier molecular flexibility index (Phi) is 2.58. The Labute approximate surface area is 95.7 Å². The number of hydrogen-bond acceptors (Lipinski definition) is 1. The second-order valence-corrected chi connectivity index (χ2v) is 4.42. The second-order valence-electron chi connectivity index (χ2n) is 4.42. The quantitative estimate of drug-likeness (QED) is 0.751. The molecule has 0 radical (unpaired) electrons. The summed E-state index contributed by atoms with van der Waals surface area (Å²) in [5.41, 5.74) is 2.82. The number of anilines is 1. The molecule has 1 aliphatic rings. The molecule has 0 bridgehead atoms. The summed E-state index contributed by atoms with van der Waals surface area (Å²) in [7, 11) is 0.